The second kappa shape index (κ2) is 6.79. The average molecular weight is 319 g/mol. The molecule has 4 heteroatoms. The van der Waals surface area contributed by atoms with Gasteiger partial charge in [0.2, 0.25) is 0 Å². The smallest absolute Gasteiger partial charge is 0.251 e. The van der Waals surface area contributed by atoms with Crippen LogP contribution < -0.4 is 5.32 Å². The summed E-state index contributed by atoms with van der Waals surface area (Å²) in [5, 5.41) is 11.4. The summed E-state index contributed by atoms with van der Waals surface area (Å²) in [6.45, 7) is 0.796. The van der Waals surface area contributed by atoms with Gasteiger partial charge in [-0.15, -0.1) is 0 Å². The minimum atomic E-state index is -0.0515. The van der Waals surface area contributed by atoms with Gasteiger partial charge in [0, 0.05) is 22.3 Å². The zero-order valence-corrected chi connectivity index (χ0v) is 10.5. The Hall–Kier alpha value is -0.620. The molecule has 0 aromatic heterocycles. The molecule has 0 radical (unpaired) electrons. The van der Waals surface area contributed by atoms with Crippen molar-refractivity contribution >= 4 is 28.5 Å². The first-order valence-electron chi connectivity index (χ1n) is 4.88. The Morgan fingerprint density at radius 2 is 1.93 bits per heavy atom. The molecule has 82 valence electrons. The number of aliphatic hydroxyl groups excluding tert-OH is 1. The number of carbonyl (C=O) groups is 1. The zero-order chi connectivity index (χ0) is 11.1. The molecule has 0 bridgehead atoms. The summed E-state index contributed by atoms with van der Waals surface area (Å²) in [6, 6.07) is 7.43. The van der Waals surface area contributed by atoms with Crippen molar-refractivity contribution in [3.63, 3.8) is 0 Å². The molecule has 1 aromatic carbocycles. The van der Waals surface area contributed by atoms with Gasteiger partial charge in [-0.1, -0.05) is 0 Å². The van der Waals surface area contributed by atoms with E-state index in [2.05, 4.69) is 27.9 Å². The Morgan fingerprint density at radius 3 is 2.53 bits per heavy atom. The van der Waals surface area contributed by atoms with Crippen LogP contribution >= 0.6 is 22.6 Å². The second-order valence-corrected chi connectivity index (χ2v) is 4.44. The number of aliphatic hydroxyl groups is 1. The highest BCUT2D eigenvalue weighted by molar-refractivity contribution is 14.1. The fraction of sp³-hybridized carbons (Fsp3) is 0.364. The maximum absolute atomic E-state index is 11.5. The zero-order valence-electron chi connectivity index (χ0n) is 8.37. The van der Waals surface area contributed by atoms with Crippen LogP contribution in [0.15, 0.2) is 24.3 Å². The number of hydrogen-bond acceptors (Lipinski definition) is 2. The molecule has 1 aromatic rings. The van der Waals surface area contributed by atoms with Crippen LogP contribution in [-0.2, 0) is 0 Å². The van der Waals surface area contributed by atoms with Gasteiger partial charge in [0.05, 0.1) is 0 Å². The van der Waals surface area contributed by atoms with E-state index in [4.69, 9.17) is 5.11 Å². The number of carbonyl (C=O) groups excluding carboxylic acids is 1. The predicted molar refractivity (Wildman–Crippen MR) is 67.8 cm³/mol. The average Bonchev–Trinajstić information content (AvgIpc) is 2.25. The molecule has 0 fully saturated rings. The van der Waals surface area contributed by atoms with Crippen LogP contribution in [0.4, 0.5) is 0 Å². The van der Waals surface area contributed by atoms with Crippen molar-refractivity contribution in [3.8, 4) is 0 Å². The molecule has 0 atom stereocenters. The molecule has 1 amide bonds. The number of halogens is 1. The number of amides is 1. The van der Waals surface area contributed by atoms with Crippen molar-refractivity contribution in [2.75, 3.05) is 13.2 Å². The molecule has 15 heavy (non-hydrogen) atoms. The molecule has 3 nitrogen and oxygen atoms in total. The first kappa shape index (κ1) is 12.4. The topological polar surface area (TPSA) is 49.3 Å². The summed E-state index contributed by atoms with van der Waals surface area (Å²) in [7, 11) is 0. The SMILES string of the molecule is O=C(NCCCCO)c1ccc(I)cc1. The van der Waals surface area contributed by atoms with Gasteiger partial charge in [-0.25, -0.2) is 0 Å². The highest BCUT2D eigenvalue weighted by atomic mass is 127. The number of rotatable bonds is 5. The Kier molecular flexibility index (Phi) is 5.63. The highest BCUT2D eigenvalue weighted by Crippen LogP contribution is 2.06. The number of benzene rings is 1. The van der Waals surface area contributed by atoms with Gasteiger partial charge < -0.3 is 10.4 Å². The van der Waals surface area contributed by atoms with Crippen LogP contribution in [0.25, 0.3) is 0 Å². The minimum Gasteiger partial charge on any atom is -0.396 e. The third-order valence-corrected chi connectivity index (χ3v) is 2.70. The van der Waals surface area contributed by atoms with Crippen LogP contribution in [-0.4, -0.2) is 24.2 Å². The molecule has 0 aliphatic heterocycles. The van der Waals surface area contributed by atoms with Gasteiger partial charge in [-0.2, -0.15) is 0 Å². The summed E-state index contributed by atoms with van der Waals surface area (Å²) >= 11 is 2.20. The number of nitrogens with one attached hydrogen (secondary N) is 1. The lowest BCUT2D eigenvalue weighted by Crippen LogP contribution is -2.24. The lowest BCUT2D eigenvalue weighted by Gasteiger charge is -2.04. The Balaban J connectivity index is 2.37. The highest BCUT2D eigenvalue weighted by Gasteiger charge is 2.03. The first-order valence-corrected chi connectivity index (χ1v) is 5.96. The van der Waals surface area contributed by atoms with Crippen molar-refractivity contribution in [1.29, 1.82) is 0 Å². The first-order chi connectivity index (χ1) is 7.24. The lowest BCUT2D eigenvalue weighted by atomic mass is 10.2. The number of unbranched alkanes of at least 4 members (excludes halogenated alkanes) is 1. The van der Waals surface area contributed by atoms with Gasteiger partial charge in [0.15, 0.2) is 0 Å². The van der Waals surface area contributed by atoms with Crippen molar-refractivity contribution in [2.24, 2.45) is 0 Å². The molecule has 0 saturated carbocycles. The predicted octanol–water partition coefficient (Wildman–Crippen LogP) is 1.79. The third-order valence-electron chi connectivity index (χ3n) is 1.98. The van der Waals surface area contributed by atoms with E-state index in [0.29, 0.717) is 12.1 Å². The Bertz CT molecular complexity index is 311. The summed E-state index contributed by atoms with van der Waals surface area (Å²) < 4.78 is 1.12. The van der Waals surface area contributed by atoms with E-state index >= 15 is 0 Å². The van der Waals surface area contributed by atoms with E-state index < -0.39 is 0 Å². The van der Waals surface area contributed by atoms with E-state index in [0.717, 1.165) is 16.4 Å². The van der Waals surface area contributed by atoms with Gasteiger partial charge in [0.25, 0.3) is 5.91 Å². The van der Waals surface area contributed by atoms with Gasteiger partial charge >= 0.3 is 0 Å². The molecule has 0 aliphatic rings. The van der Waals surface area contributed by atoms with Gasteiger partial charge in [-0.3, -0.25) is 4.79 Å². The molecular formula is C11H14INO2. The number of hydrogen-bond donors (Lipinski definition) is 2. The van der Waals surface area contributed by atoms with Gasteiger partial charge in [0.1, 0.15) is 0 Å². The summed E-state index contributed by atoms with van der Waals surface area (Å²) in [6.07, 6.45) is 1.54. The lowest BCUT2D eigenvalue weighted by molar-refractivity contribution is 0.0952. The van der Waals surface area contributed by atoms with E-state index in [1.54, 1.807) is 0 Å². The van der Waals surface area contributed by atoms with E-state index in [9.17, 15) is 4.79 Å². The molecule has 0 spiro atoms. The molecule has 0 saturated heterocycles. The fourth-order valence-corrected chi connectivity index (χ4v) is 1.50. The minimum absolute atomic E-state index is 0.0515. The van der Waals surface area contributed by atoms with Gasteiger partial charge in [-0.05, 0) is 59.7 Å². The van der Waals surface area contributed by atoms with Crippen molar-refractivity contribution in [3.05, 3.63) is 33.4 Å². The van der Waals surface area contributed by atoms with Crippen LogP contribution in [0, 0.1) is 3.57 Å². The summed E-state index contributed by atoms with van der Waals surface area (Å²) in [5.41, 5.74) is 0.680. The maximum Gasteiger partial charge on any atom is 0.251 e. The van der Waals surface area contributed by atoms with E-state index in [-0.39, 0.29) is 12.5 Å². The fourth-order valence-electron chi connectivity index (χ4n) is 1.14. The van der Waals surface area contributed by atoms with Crippen LogP contribution in [0.1, 0.15) is 23.2 Å². The third kappa shape index (κ3) is 4.61. The quantitative estimate of drug-likeness (QED) is 0.642. The van der Waals surface area contributed by atoms with Crippen LogP contribution in [0.5, 0.6) is 0 Å². The van der Waals surface area contributed by atoms with E-state index in [1.165, 1.54) is 0 Å². The molecule has 0 unspecified atom stereocenters. The largest absolute Gasteiger partial charge is 0.396 e. The Labute approximate surface area is 103 Å². The van der Waals surface area contributed by atoms with Crippen molar-refractivity contribution in [1.82, 2.24) is 5.32 Å². The van der Waals surface area contributed by atoms with Crippen molar-refractivity contribution < 1.29 is 9.90 Å². The molecule has 0 aliphatic carbocycles. The second-order valence-electron chi connectivity index (χ2n) is 3.19. The van der Waals surface area contributed by atoms with E-state index in [1.807, 2.05) is 24.3 Å². The summed E-state index contributed by atoms with van der Waals surface area (Å²) in [5.74, 6) is -0.0515. The van der Waals surface area contributed by atoms with Crippen LogP contribution in [0.2, 0.25) is 0 Å². The van der Waals surface area contributed by atoms with Crippen molar-refractivity contribution in [2.45, 2.75) is 12.8 Å². The normalized spacial score (nSPS) is 10.0. The summed E-state index contributed by atoms with van der Waals surface area (Å²) in [4.78, 5) is 11.5. The molecule has 1 rings (SSSR count). The standard InChI is InChI=1S/C11H14INO2/c12-10-5-3-9(4-6-10)11(15)13-7-1-2-8-14/h3-6,14H,1-2,7-8H2,(H,13,15). The molecule has 0 heterocycles. The monoisotopic (exact) mass is 319 g/mol. The molecular weight excluding hydrogens is 305 g/mol. The Morgan fingerprint density at radius 1 is 1.27 bits per heavy atom. The molecule has 2 N–H and O–H groups in total. The van der Waals surface area contributed by atoms with Crippen LogP contribution in [0.3, 0.4) is 0 Å². The maximum atomic E-state index is 11.5.